The van der Waals surface area contributed by atoms with Crippen molar-refractivity contribution in [1.29, 1.82) is 0 Å². The highest BCUT2D eigenvalue weighted by molar-refractivity contribution is 6.06. The summed E-state index contributed by atoms with van der Waals surface area (Å²) < 4.78 is 13.4. The summed E-state index contributed by atoms with van der Waals surface area (Å²) >= 11 is 0. The minimum atomic E-state index is -0.345. The molecule has 0 saturated carbocycles. The van der Waals surface area contributed by atoms with Crippen LogP contribution in [0.5, 0.6) is 0 Å². The number of benzene rings is 2. The Morgan fingerprint density at radius 1 is 1.21 bits per heavy atom. The highest BCUT2D eigenvalue weighted by Gasteiger charge is 2.12. The fraction of sp³-hybridized carbons (Fsp3) is 0.133. The number of nitrogens with one attached hydrogen (secondary N) is 1. The minimum Gasteiger partial charge on any atom is -0.399 e. The second-order valence-electron chi connectivity index (χ2n) is 4.44. The number of carbonyl (C=O) groups is 1. The number of aryl methyl sites for hydroxylation is 1. The van der Waals surface area contributed by atoms with E-state index in [2.05, 4.69) is 5.32 Å². The van der Waals surface area contributed by atoms with Crippen LogP contribution in [0.2, 0.25) is 0 Å². The van der Waals surface area contributed by atoms with E-state index in [4.69, 9.17) is 5.73 Å². The van der Waals surface area contributed by atoms with Crippen LogP contribution in [0.25, 0.3) is 0 Å². The number of anilines is 2. The third-order valence-electron chi connectivity index (χ3n) is 3.02. The third-order valence-corrected chi connectivity index (χ3v) is 3.02. The summed E-state index contributed by atoms with van der Waals surface area (Å²) in [7, 11) is 0. The van der Waals surface area contributed by atoms with Crippen LogP contribution in [-0.2, 0) is 0 Å². The highest BCUT2D eigenvalue weighted by Crippen LogP contribution is 2.20. The van der Waals surface area contributed by atoms with Crippen molar-refractivity contribution in [3.8, 4) is 0 Å². The first-order chi connectivity index (χ1) is 8.99. The molecule has 2 aromatic carbocycles. The molecule has 1 amide bonds. The average Bonchev–Trinajstić information content (AvgIpc) is 2.38. The molecule has 0 spiro atoms. The number of hydrogen-bond donors (Lipinski definition) is 2. The molecule has 0 aromatic heterocycles. The van der Waals surface area contributed by atoms with Crippen LogP contribution < -0.4 is 11.1 Å². The maximum absolute atomic E-state index is 13.4. The normalized spacial score (nSPS) is 10.3. The molecule has 19 heavy (non-hydrogen) atoms. The Morgan fingerprint density at radius 2 is 1.95 bits per heavy atom. The fourth-order valence-electron chi connectivity index (χ4n) is 1.82. The van der Waals surface area contributed by atoms with E-state index in [-0.39, 0.29) is 11.7 Å². The zero-order valence-corrected chi connectivity index (χ0v) is 10.8. The summed E-state index contributed by atoms with van der Waals surface area (Å²) in [5, 5.41) is 2.70. The second kappa shape index (κ2) is 5.10. The van der Waals surface area contributed by atoms with Gasteiger partial charge in [-0.1, -0.05) is 12.1 Å². The van der Waals surface area contributed by atoms with Gasteiger partial charge in [-0.15, -0.1) is 0 Å². The lowest BCUT2D eigenvalue weighted by Crippen LogP contribution is -2.14. The van der Waals surface area contributed by atoms with Crippen molar-refractivity contribution in [3.05, 3.63) is 58.9 Å². The van der Waals surface area contributed by atoms with E-state index in [1.165, 1.54) is 6.07 Å². The van der Waals surface area contributed by atoms with Gasteiger partial charge < -0.3 is 11.1 Å². The largest absolute Gasteiger partial charge is 0.399 e. The molecule has 98 valence electrons. The molecule has 0 aliphatic carbocycles. The quantitative estimate of drug-likeness (QED) is 0.812. The van der Waals surface area contributed by atoms with Gasteiger partial charge in [-0.05, 0) is 43.7 Å². The van der Waals surface area contributed by atoms with Crippen molar-refractivity contribution in [3.63, 3.8) is 0 Å². The molecule has 0 heterocycles. The van der Waals surface area contributed by atoms with Gasteiger partial charge in [0.1, 0.15) is 5.82 Å². The van der Waals surface area contributed by atoms with Crippen LogP contribution >= 0.6 is 0 Å². The first-order valence-electron chi connectivity index (χ1n) is 5.91. The highest BCUT2D eigenvalue weighted by atomic mass is 19.1. The SMILES string of the molecule is Cc1ccc(N)cc1C(=O)Nc1cccc(F)c1C. The number of hydrogen-bond acceptors (Lipinski definition) is 2. The molecule has 2 aromatic rings. The number of amides is 1. The number of nitrogen functional groups attached to an aromatic ring is 1. The van der Waals surface area contributed by atoms with Crippen LogP contribution in [0.4, 0.5) is 15.8 Å². The first-order valence-corrected chi connectivity index (χ1v) is 5.91. The van der Waals surface area contributed by atoms with E-state index >= 15 is 0 Å². The average molecular weight is 258 g/mol. The van der Waals surface area contributed by atoms with Gasteiger partial charge >= 0.3 is 0 Å². The lowest BCUT2D eigenvalue weighted by Gasteiger charge is -2.11. The number of halogens is 1. The predicted octanol–water partition coefficient (Wildman–Crippen LogP) is 3.28. The molecule has 2 rings (SSSR count). The van der Waals surface area contributed by atoms with Crippen molar-refractivity contribution in [2.24, 2.45) is 0 Å². The summed E-state index contributed by atoms with van der Waals surface area (Å²) in [5.74, 6) is -0.638. The van der Waals surface area contributed by atoms with E-state index in [0.29, 0.717) is 22.5 Å². The van der Waals surface area contributed by atoms with Crippen molar-refractivity contribution < 1.29 is 9.18 Å². The van der Waals surface area contributed by atoms with Crippen LogP contribution in [0.3, 0.4) is 0 Å². The minimum absolute atomic E-state index is 0.293. The van der Waals surface area contributed by atoms with Gasteiger partial charge in [0.05, 0.1) is 0 Å². The fourth-order valence-corrected chi connectivity index (χ4v) is 1.82. The zero-order valence-electron chi connectivity index (χ0n) is 10.8. The maximum atomic E-state index is 13.4. The van der Waals surface area contributed by atoms with Crippen LogP contribution in [-0.4, -0.2) is 5.91 Å². The van der Waals surface area contributed by atoms with Crippen molar-refractivity contribution in [2.45, 2.75) is 13.8 Å². The van der Waals surface area contributed by atoms with E-state index in [9.17, 15) is 9.18 Å². The Kier molecular flexibility index (Phi) is 3.51. The summed E-state index contributed by atoms with van der Waals surface area (Å²) in [4.78, 5) is 12.2. The van der Waals surface area contributed by atoms with Gasteiger partial charge in [-0.3, -0.25) is 4.79 Å². The Balaban J connectivity index is 2.31. The molecule has 0 radical (unpaired) electrons. The molecule has 0 aliphatic heterocycles. The van der Waals surface area contributed by atoms with Crippen LogP contribution in [0.15, 0.2) is 36.4 Å². The van der Waals surface area contributed by atoms with E-state index < -0.39 is 0 Å². The van der Waals surface area contributed by atoms with E-state index in [1.54, 1.807) is 37.3 Å². The Hall–Kier alpha value is -2.36. The molecule has 0 unspecified atom stereocenters. The van der Waals surface area contributed by atoms with E-state index in [0.717, 1.165) is 5.56 Å². The number of carbonyl (C=O) groups excluding carboxylic acids is 1. The molecule has 0 atom stereocenters. The molecule has 0 bridgehead atoms. The first kappa shape index (κ1) is 13.1. The summed E-state index contributed by atoms with van der Waals surface area (Å²) in [6.07, 6.45) is 0. The van der Waals surface area contributed by atoms with Gasteiger partial charge in [0.2, 0.25) is 0 Å². The van der Waals surface area contributed by atoms with E-state index in [1.807, 2.05) is 6.92 Å². The molecule has 3 nitrogen and oxygen atoms in total. The summed E-state index contributed by atoms with van der Waals surface area (Å²) in [5.41, 5.74) is 8.38. The van der Waals surface area contributed by atoms with Crippen molar-refractivity contribution in [1.82, 2.24) is 0 Å². The Bertz CT molecular complexity index is 638. The lowest BCUT2D eigenvalue weighted by atomic mass is 10.1. The van der Waals surface area contributed by atoms with Gasteiger partial charge in [-0.25, -0.2) is 4.39 Å². The maximum Gasteiger partial charge on any atom is 0.256 e. The van der Waals surface area contributed by atoms with Gasteiger partial charge in [0.25, 0.3) is 5.91 Å². The molecule has 0 saturated heterocycles. The predicted molar refractivity (Wildman–Crippen MR) is 74.7 cm³/mol. The molecular weight excluding hydrogens is 243 g/mol. The standard InChI is InChI=1S/C15H15FN2O/c1-9-6-7-11(17)8-12(9)15(19)18-14-5-3-4-13(16)10(14)2/h3-8H,17H2,1-2H3,(H,18,19). The lowest BCUT2D eigenvalue weighted by molar-refractivity contribution is 0.102. The Morgan fingerprint density at radius 3 is 2.68 bits per heavy atom. The second-order valence-corrected chi connectivity index (χ2v) is 4.44. The smallest absolute Gasteiger partial charge is 0.256 e. The number of rotatable bonds is 2. The third kappa shape index (κ3) is 2.73. The van der Waals surface area contributed by atoms with Crippen LogP contribution in [0, 0.1) is 19.7 Å². The molecule has 0 fully saturated rings. The molecule has 3 N–H and O–H groups in total. The Labute approximate surface area is 111 Å². The van der Waals surface area contributed by atoms with Crippen molar-refractivity contribution >= 4 is 17.3 Å². The summed E-state index contributed by atoms with van der Waals surface area (Å²) in [6, 6.07) is 9.71. The molecule has 0 aliphatic rings. The summed E-state index contributed by atoms with van der Waals surface area (Å²) in [6.45, 7) is 3.45. The molecule has 4 heteroatoms. The topological polar surface area (TPSA) is 55.1 Å². The molecular formula is C15H15FN2O. The van der Waals surface area contributed by atoms with Crippen LogP contribution in [0.1, 0.15) is 21.5 Å². The van der Waals surface area contributed by atoms with Crippen molar-refractivity contribution in [2.75, 3.05) is 11.1 Å². The van der Waals surface area contributed by atoms with Gasteiger partial charge in [-0.2, -0.15) is 0 Å². The zero-order chi connectivity index (χ0) is 14.0. The monoisotopic (exact) mass is 258 g/mol. The van der Waals surface area contributed by atoms with Gasteiger partial charge in [0, 0.05) is 22.5 Å². The van der Waals surface area contributed by atoms with Gasteiger partial charge in [0.15, 0.2) is 0 Å². The number of nitrogens with two attached hydrogens (primary N) is 1.